The van der Waals surface area contributed by atoms with E-state index in [1.165, 1.54) is 11.1 Å². The van der Waals surface area contributed by atoms with Crippen molar-refractivity contribution in [2.24, 2.45) is 0 Å². The van der Waals surface area contributed by atoms with Crippen LogP contribution in [-0.4, -0.2) is 5.52 Å². The standard InChI is InChI=1S/C25H27O2P.Li.H/c1-16-13-18(3)24(20(5)19(16)4)25(26)28-23-12-11-22(14-17(23)2)27-15-21-9-7-6-8-10-21;;/h6-14,28H,15H2,1-5H3;;/q;+1;-1. The molecular formula is C25H28LiO2P. The van der Waals surface area contributed by atoms with Crippen LogP contribution in [0.25, 0.3) is 0 Å². The summed E-state index contributed by atoms with van der Waals surface area (Å²) in [5, 5.41) is 1.08. The monoisotopic (exact) mass is 398 g/mol. The van der Waals surface area contributed by atoms with Gasteiger partial charge in [0, 0.05) is 5.56 Å². The number of carbonyl (C=O) groups is 1. The zero-order chi connectivity index (χ0) is 20.3. The molecular weight excluding hydrogens is 370 g/mol. The fourth-order valence-electron chi connectivity index (χ4n) is 3.43. The molecule has 0 radical (unpaired) electrons. The second-order valence-corrected chi connectivity index (χ2v) is 8.58. The Balaban J connectivity index is 0.00000225. The largest absolute Gasteiger partial charge is 1.00 e. The fourth-order valence-corrected chi connectivity index (χ4v) is 4.62. The number of benzene rings is 3. The van der Waals surface area contributed by atoms with Gasteiger partial charge in [0.15, 0.2) is 5.52 Å². The smallest absolute Gasteiger partial charge is 1.00 e. The fraction of sp³-hybridized carbons (Fsp3) is 0.240. The van der Waals surface area contributed by atoms with E-state index in [0.717, 1.165) is 38.9 Å². The normalized spacial score (nSPS) is 10.8. The third kappa shape index (κ3) is 5.61. The predicted octanol–water partition coefficient (Wildman–Crippen LogP) is 3.07. The molecule has 2 nitrogen and oxygen atoms in total. The molecule has 0 spiro atoms. The van der Waals surface area contributed by atoms with Gasteiger partial charge < -0.3 is 6.16 Å². The number of ether oxygens (including phenoxy) is 1. The molecule has 1 atom stereocenters. The molecule has 0 amide bonds. The molecule has 3 aromatic carbocycles. The first-order valence-corrected chi connectivity index (χ1v) is 10.5. The van der Waals surface area contributed by atoms with Crippen LogP contribution in [0.4, 0.5) is 0 Å². The Labute approximate surface area is 189 Å². The molecule has 0 N–H and O–H groups in total. The van der Waals surface area contributed by atoms with E-state index in [1.54, 1.807) is 0 Å². The maximum absolute atomic E-state index is 13.0. The number of hydrogen-bond donors (Lipinski definition) is 0. The summed E-state index contributed by atoms with van der Waals surface area (Å²) in [7, 11) is 0.117. The van der Waals surface area contributed by atoms with Gasteiger partial charge in [0.2, 0.25) is 0 Å². The zero-order valence-electron chi connectivity index (χ0n) is 19.2. The third-order valence-electron chi connectivity index (χ3n) is 5.28. The van der Waals surface area contributed by atoms with Gasteiger partial charge in [-0.15, -0.1) is 0 Å². The molecule has 3 aromatic rings. The van der Waals surface area contributed by atoms with Crippen LogP contribution < -0.4 is 28.9 Å². The van der Waals surface area contributed by atoms with Crippen molar-refractivity contribution in [1.82, 2.24) is 0 Å². The summed E-state index contributed by atoms with van der Waals surface area (Å²) in [6, 6.07) is 18.3. The van der Waals surface area contributed by atoms with E-state index in [9.17, 15) is 4.79 Å². The predicted molar refractivity (Wildman–Crippen MR) is 121 cm³/mol. The van der Waals surface area contributed by atoms with Gasteiger partial charge in [0.25, 0.3) is 0 Å². The van der Waals surface area contributed by atoms with Gasteiger partial charge in [-0.3, -0.25) is 4.79 Å². The van der Waals surface area contributed by atoms with Crippen molar-refractivity contribution >= 4 is 19.4 Å². The first-order chi connectivity index (χ1) is 13.4. The molecule has 0 saturated heterocycles. The summed E-state index contributed by atoms with van der Waals surface area (Å²) >= 11 is 0. The Bertz CT molecular complexity index is 1020. The number of aryl methyl sites for hydroxylation is 3. The van der Waals surface area contributed by atoms with Gasteiger partial charge in [-0.05, 0) is 94.0 Å². The number of rotatable bonds is 6. The van der Waals surface area contributed by atoms with Gasteiger partial charge >= 0.3 is 18.9 Å². The molecule has 146 valence electrons. The van der Waals surface area contributed by atoms with Crippen molar-refractivity contribution in [3.8, 4) is 5.75 Å². The van der Waals surface area contributed by atoms with E-state index in [-0.39, 0.29) is 34.4 Å². The molecule has 0 aromatic heterocycles. The summed E-state index contributed by atoms with van der Waals surface area (Å²) in [4.78, 5) is 13.0. The molecule has 0 heterocycles. The summed E-state index contributed by atoms with van der Waals surface area (Å²) in [5.74, 6) is 0.834. The molecule has 3 rings (SSSR count). The van der Waals surface area contributed by atoms with Crippen molar-refractivity contribution < 1.29 is 29.8 Å². The molecule has 4 heteroatoms. The molecule has 29 heavy (non-hydrogen) atoms. The summed E-state index contributed by atoms with van der Waals surface area (Å²) in [5.41, 5.74) is 7.95. The molecule has 0 saturated carbocycles. The van der Waals surface area contributed by atoms with Crippen molar-refractivity contribution in [3.63, 3.8) is 0 Å². The van der Waals surface area contributed by atoms with E-state index in [2.05, 4.69) is 39.0 Å². The van der Waals surface area contributed by atoms with Crippen molar-refractivity contribution in [2.75, 3.05) is 0 Å². The van der Waals surface area contributed by atoms with Crippen LogP contribution in [0.5, 0.6) is 5.75 Å². The Morgan fingerprint density at radius 3 is 2.21 bits per heavy atom. The third-order valence-corrected chi connectivity index (χ3v) is 6.59. The Kier molecular flexibility index (Phi) is 8.30. The Morgan fingerprint density at radius 1 is 0.862 bits per heavy atom. The molecule has 0 bridgehead atoms. The second-order valence-electron chi connectivity index (χ2n) is 7.34. The Morgan fingerprint density at radius 2 is 1.55 bits per heavy atom. The van der Waals surface area contributed by atoms with E-state index in [0.29, 0.717) is 6.61 Å². The minimum absolute atomic E-state index is 0. The van der Waals surface area contributed by atoms with Crippen LogP contribution in [0.1, 0.15) is 45.2 Å². The van der Waals surface area contributed by atoms with Crippen molar-refractivity contribution in [1.29, 1.82) is 0 Å². The molecule has 0 fully saturated rings. The maximum atomic E-state index is 13.0. The van der Waals surface area contributed by atoms with E-state index < -0.39 is 0 Å². The van der Waals surface area contributed by atoms with Gasteiger partial charge in [0.05, 0.1) is 0 Å². The van der Waals surface area contributed by atoms with Crippen LogP contribution in [0.3, 0.4) is 0 Å². The minimum atomic E-state index is 0. The molecule has 0 aliphatic rings. The summed E-state index contributed by atoms with van der Waals surface area (Å²) < 4.78 is 5.90. The van der Waals surface area contributed by atoms with E-state index in [1.807, 2.05) is 50.2 Å². The van der Waals surface area contributed by atoms with Crippen molar-refractivity contribution in [2.45, 2.75) is 41.2 Å². The number of hydrogen-bond acceptors (Lipinski definition) is 2. The van der Waals surface area contributed by atoms with Crippen LogP contribution in [0, 0.1) is 34.6 Å². The quantitative estimate of drug-likeness (QED) is 0.471. The average Bonchev–Trinajstić information content (AvgIpc) is 2.67. The number of carbonyl (C=O) groups excluding carboxylic acids is 1. The first kappa shape index (κ1) is 23.4. The van der Waals surface area contributed by atoms with Crippen LogP contribution >= 0.6 is 8.58 Å². The van der Waals surface area contributed by atoms with Crippen LogP contribution in [-0.2, 0) is 6.61 Å². The molecule has 1 unspecified atom stereocenters. The first-order valence-electron chi connectivity index (χ1n) is 9.53. The van der Waals surface area contributed by atoms with Gasteiger partial charge in [-0.2, -0.15) is 0 Å². The second kappa shape index (κ2) is 10.3. The zero-order valence-corrected chi connectivity index (χ0v) is 19.2. The van der Waals surface area contributed by atoms with E-state index in [4.69, 9.17) is 4.74 Å². The van der Waals surface area contributed by atoms with Gasteiger partial charge in [-0.25, -0.2) is 0 Å². The summed E-state index contributed by atoms with van der Waals surface area (Å²) in [6.07, 6.45) is 0. The van der Waals surface area contributed by atoms with E-state index >= 15 is 0 Å². The topological polar surface area (TPSA) is 26.3 Å². The van der Waals surface area contributed by atoms with Crippen LogP contribution in [0.15, 0.2) is 54.6 Å². The summed E-state index contributed by atoms with van der Waals surface area (Å²) in [6.45, 7) is 10.9. The Hall–Kier alpha value is -1.84. The minimum Gasteiger partial charge on any atom is -1.00 e. The SMILES string of the molecule is Cc1cc(OCc2ccccc2)ccc1PC(=O)c1c(C)cc(C)c(C)c1C.[H-].[Li+]. The maximum Gasteiger partial charge on any atom is 1.00 e. The van der Waals surface area contributed by atoms with Crippen molar-refractivity contribution in [3.05, 3.63) is 93.5 Å². The van der Waals surface area contributed by atoms with Crippen LogP contribution in [0.2, 0.25) is 0 Å². The van der Waals surface area contributed by atoms with Gasteiger partial charge in [-0.1, -0.05) is 42.5 Å². The average molecular weight is 398 g/mol. The molecule has 0 aliphatic carbocycles. The molecule has 0 aliphatic heterocycles. The van der Waals surface area contributed by atoms with Gasteiger partial charge in [0.1, 0.15) is 12.4 Å².